The van der Waals surface area contributed by atoms with E-state index < -0.39 is 0 Å². The molecule has 1 aliphatic rings. The molecule has 0 aliphatic carbocycles. The molecule has 1 aromatic rings. The quantitative estimate of drug-likeness (QED) is 0.672. The van der Waals surface area contributed by atoms with Crippen molar-refractivity contribution >= 4 is 28.7 Å². The van der Waals surface area contributed by atoms with E-state index in [0.29, 0.717) is 22.3 Å². The number of nitrogens with zero attached hydrogens (tertiary/aromatic N) is 2. The molecule has 2 rings (SSSR count). The summed E-state index contributed by atoms with van der Waals surface area (Å²) in [7, 11) is 0. The van der Waals surface area contributed by atoms with Crippen LogP contribution in [0.3, 0.4) is 0 Å². The van der Waals surface area contributed by atoms with Gasteiger partial charge in [-0.1, -0.05) is 13.8 Å². The summed E-state index contributed by atoms with van der Waals surface area (Å²) in [4.78, 5) is 3.50. The molecule has 0 N–H and O–H groups in total. The predicted molar refractivity (Wildman–Crippen MR) is 95.6 cm³/mol. The normalized spacial score (nSPS) is 22.4. The molecule has 0 spiro atoms. The summed E-state index contributed by atoms with van der Waals surface area (Å²) in [5.41, 5.74) is 4.24. The van der Waals surface area contributed by atoms with E-state index in [1.807, 2.05) is 13.8 Å². The summed E-state index contributed by atoms with van der Waals surface area (Å²) in [5.74, 6) is 0.295. The Balaban J connectivity index is 2.75. The SMILES string of the molecule is CC1=C(/C(C#N)=C(/C#N)c2c(C)sc(C)c2C)C(C)C(C)S1. The molecule has 0 saturated heterocycles. The molecule has 1 aromatic heterocycles. The molecule has 2 heterocycles. The lowest BCUT2D eigenvalue weighted by atomic mass is 9.86. The predicted octanol–water partition coefficient (Wildman–Crippen LogP) is 5.52. The van der Waals surface area contributed by atoms with E-state index in [2.05, 4.69) is 39.8 Å². The number of nitriles is 2. The standard InChI is InChI=1S/C18H20N2S2/c1-9-11(3)21-13(5)17(9)15(7-19)16(8-20)18-10(2)12(4)22-14(18)6/h9,11H,1-6H3/b16-15-. The molecule has 1 aliphatic heterocycles. The Morgan fingerprint density at radius 1 is 0.955 bits per heavy atom. The van der Waals surface area contributed by atoms with Gasteiger partial charge in [0.05, 0.1) is 11.1 Å². The second-order valence-corrected chi connectivity index (χ2v) is 8.79. The van der Waals surface area contributed by atoms with Gasteiger partial charge < -0.3 is 0 Å². The summed E-state index contributed by atoms with van der Waals surface area (Å²) in [6, 6.07) is 4.65. The Morgan fingerprint density at radius 2 is 1.55 bits per heavy atom. The van der Waals surface area contributed by atoms with Crippen molar-refractivity contribution in [2.45, 2.75) is 46.8 Å². The Kier molecular flexibility index (Phi) is 4.85. The Bertz CT molecular complexity index is 766. The number of thioether (sulfide) groups is 1. The van der Waals surface area contributed by atoms with Crippen molar-refractivity contribution in [3.63, 3.8) is 0 Å². The number of thiophene rings is 1. The molecule has 2 unspecified atom stereocenters. The Hall–Kier alpha value is -1.49. The van der Waals surface area contributed by atoms with E-state index in [-0.39, 0.29) is 0 Å². The van der Waals surface area contributed by atoms with Gasteiger partial charge in [0.25, 0.3) is 0 Å². The van der Waals surface area contributed by atoms with Crippen LogP contribution < -0.4 is 0 Å². The van der Waals surface area contributed by atoms with Crippen LogP contribution in [0.15, 0.2) is 16.1 Å². The van der Waals surface area contributed by atoms with Crippen molar-refractivity contribution in [2.75, 3.05) is 0 Å². The van der Waals surface area contributed by atoms with Gasteiger partial charge >= 0.3 is 0 Å². The third-order valence-corrected chi connectivity index (χ3v) is 6.93. The second-order valence-electron chi connectivity index (χ2n) is 5.77. The Morgan fingerprint density at radius 3 is 1.91 bits per heavy atom. The summed E-state index contributed by atoms with van der Waals surface area (Å²) in [6.45, 7) is 12.5. The molecule has 0 radical (unpaired) electrons. The molecule has 4 heteroatoms. The molecule has 0 bridgehead atoms. The maximum atomic E-state index is 9.76. The fourth-order valence-corrected chi connectivity index (χ4v) is 5.44. The molecule has 2 nitrogen and oxygen atoms in total. The molecular weight excluding hydrogens is 308 g/mol. The van der Waals surface area contributed by atoms with E-state index in [9.17, 15) is 10.5 Å². The molecule has 0 amide bonds. The highest BCUT2D eigenvalue weighted by molar-refractivity contribution is 8.03. The van der Waals surface area contributed by atoms with Gasteiger partial charge in [-0.3, -0.25) is 0 Å². The van der Waals surface area contributed by atoms with Crippen LogP contribution in [0.25, 0.3) is 5.57 Å². The van der Waals surface area contributed by atoms with Crippen molar-refractivity contribution in [1.29, 1.82) is 10.5 Å². The summed E-state index contributed by atoms with van der Waals surface area (Å²) >= 11 is 3.50. The first kappa shape index (κ1) is 16.9. The first-order valence-electron chi connectivity index (χ1n) is 7.32. The first-order valence-corrected chi connectivity index (χ1v) is 9.02. The average Bonchev–Trinajstić information content (AvgIpc) is 2.86. The zero-order chi connectivity index (χ0) is 16.6. The average molecular weight is 329 g/mol. The minimum absolute atomic E-state index is 0.295. The van der Waals surface area contributed by atoms with Crippen molar-refractivity contribution in [3.05, 3.63) is 36.9 Å². The van der Waals surface area contributed by atoms with Crippen molar-refractivity contribution in [3.8, 4) is 12.1 Å². The lowest BCUT2D eigenvalue weighted by Crippen LogP contribution is -2.09. The fraction of sp³-hybridized carbons (Fsp3) is 0.444. The Labute approximate surface area is 141 Å². The van der Waals surface area contributed by atoms with Crippen LogP contribution in [0.4, 0.5) is 0 Å². The van der Waals surface area contributed by atoms with Gasteiger partial charge in [0.2, 0.25) is 0 Å². The summed E-state index contributed by atoms with van der Waals surface area (Å²) in [6.07, 6.45) is 0. The van der Waals surface area contributed by atoms with Crippen molar-refractivity contribution in [1.82, 2.24) is 0 Å². The van der Waals surface area contributed by atoms with E-state index in [4.69, 9.17) is 0 Å². The maximum Gasteiger partial charge on any atom is 0.101 e. The van der Waals surface area contributed by atoms with E-state index >= 15 is 0 Å². The number of aryl methyl sites for hydroxylation is 2. The van der Waals surface area contributed by atoms with Crippen molar-refractivity contribution < 1.29 is 0 Å². The fourth-order valence-electron chi connectivity index (χ4n) is 3.05. The lowest BCUT2D eigenvalue weighted by molar-refractivity contribution is 0.695. The summed E-state index contributed by atoms with van der Waals surface area (Å²) < 4.78 is 0. The van der Waals surface area contributed by atoms with Gasteiger partial charge in [-0.15, -0.1) is 23.1 Å². The lowest BCUT2D eigenvalue weighted by Gasteiger charge is -2.14. The monoisotopic (exact) mass is 328 g/mol. The van der Waals surface area contributed by atoms with Crippen LogP contribution in [0.1, 0.15) is 41.7 Å². The molecular formula is C18H20N2S2. The van der Waals surface area contributed by atoms with Crippen molar-refractivity contribution in [2.24, 2.45) is 5.92 Å². The minimum atomic E-state index is 0.295. The van der Waals surface area contributed by atoms with Crippen LogP contribution in [0, 0.1) is 49.4 Å². The molecule has 0 aromatic carbocycles. The molecule has 22 heavy (non-hydrogen) atoms. The molecule has 2 atom stereocenters. The van der Waals surface area contributed by atoms with Crippen LogP contribution >= 0.6 is 23.1 Å². The highest BCUT2D eigenvalue weighted by Gasteiger charge is 2.32. The van der Waals surface area contributed by atoms with Crippen LogP contribution in [0.2, 0.25) is 0 Å². The second kappa shape index (κ2) is 6.32. The highest BCUT2D eigenvalue weighted by Crippen LogP contribution is 2.46. The summed E-state index contributed by atoms with van der Waals surface area (Å²) in [5, 5.41) is 20.0. The van der Waals surface area contributed by atoms with Gasteiger partial charge in [0.1, 0.15) is 12.1 Å². The number of allylic oxidation sites excluding steroid dienone is 4. The first-order chi connectivity index (χ1) is 10.3. The maximum absolute atomic E-state index is 9.76. The zero-order valence-electron chi connectivity index (χ0n) is 13.9. The van der Waals surface area contributed by atoms with Crippen LogP contribution in [-0.2, 0) is 0 Å². The van der Waals surface area contributed by atoms with E-state index in [0.717, 1.165) is 21.6 Å². The third kappa shape index (κ3) is 2.62. The topological polar surface area (TPSA) is 47.6 Å². The number of hydrogen-bond acceptors (Lipinski definition) is 4. The van der Waals surface area contributed by atoms with E-state index in [1.165, 1.54) is 9.78 Å². The van der Waals surface area contributed by atoms with Crippen LogP contribution in [-0.4, -0.2) is 5.25 Å². The van der Waals surface area contributed by atoms with Crippen LogP contribution in [0.5, 0.6) is 0 Å². The van der Waals surface area contributed by atoms with Gasteiger partial charge in [-0.05, 0) is 49.7 Å². The molecule has 114 valence electrons. The third-order valence-electron chi connectivity index (χ3n) is 4.46. The smallest absolute Gasteiger partial charge is 0.101 e. The van der Waals surface area contributed by atoms with Gasteiger partial charge in [0, 0.05) is 20.6 Å². The minimum Gasteiger partial charge on any atom is -0.192 e. The van der Waals surface area contributed by atoms with Gasteiger partial charge in [-0.25, -0.2) is 0 Å². The highest BCUT2D eigenvalue weighted by atomic mass is 32.2. The zero-order valence-corrected chi connectivity index (χ0v) is 15.5. The number of hydrogen-bond donors (Lipinski definition) is 0. The molecule has 0 fully saturated rings. The van der Waals surface area contributed by atoms with E-state index in [1.54, 1.807) is 23.1 Å². The largest absolute Gasteiger partial charge is 0.192 e. The van der Waals surface area contributed by atoms with Gasteiger partial charge in [-0.2, -0.15) is 10.5 Å². The molecule has 0 saturated carbocycles. The van der Waals surface area contributed by atoms with Gasteiger partial charge in [0.15, 0.2) is 0 Å². The number of rotatable bonds is 2.